The first kappa shape index (κ1) is 21.2. The van der Waals surface area contributed by atoms with Crippen molar-refractivity contribution in [1.29, 1.82) is 0 Å². The number of amides is 2. The summed E-state index contributed by atoms with van der Waals surface area (Å²) >= 11 is 0. The maximum absolute atomic E-state index is 11.9. The Hall–Kier alpha value is -1.79. The largest absolute Gasteiger partial charge is 0.492 e. The van der Waals surface area contributed by atoms with Gasteiger partial charge in [-0.3, -0.25) is 9.59 Å². The number of hydrogen-bond acceptors (Lipinski definition) is 4. The molecule has 0 saturated carbocycles. The number of carbonyl (C=O) groups is 2. The first-order valence-electron chi connectivity index (χ1n) is 7.37. The first-order valence-corrected chi connectivity index (χ1v) is 7.37. The van der Waals surface area contributed by atoms with Crippen LogP contribution in [0.5, 0.6) is 5.75 Å². The number of benzene rings is 1. The minimum absolute atomic E-state index is 0. The monoisotopic (exact) mass is 343 g/mol. The van der Waals surface area contributed by atoms with E-state index in [1.807, 2.05) is 44.2 Å². The third-order valence-corrected chi connectivity index (χ3v) is 3.30. The highest BCUT2D eigenvalue weighted by Gasteiger charge is 2.18. The first-order chi connectivity index (χ1) is 10.4. The molecule has 1 atom stereocenters. The second-order valence-electron chi connectivity index (χ2n) is 5.46. The number of rotatable bonds is 8. The van der Waals surface area contributed by atoms with Gasteiger partial charge in [0.1, 0.15) is 12.4 Å². The van der Waals surface area contributed by atoms with Gasteiger partial charge in [0.05, 0.1) is 19.1 Å². The van der Waals surface area contributed by atoms with Crippen molar-refractivity contribution in [2.24, 2.45) is 11.7 Å². The molecule has 6 nitrogen and oxygen atoms in total. The summed E-state index contributed by atoms with van der Waals surface area (Å²) in [4.78, 5) is 25.1. The summed E-state index contributed by atoms with van der Waals surface area (Å²) in [7, 11) is 1.67. The molecule has 2 amide bonds. The average Bonchev–Trinajstić information content (AvgIpc) is 2.52. The molecule has 0 bridgehead atoms. The summed E-state index contributed by atoms with van der Waals surface area (Å²) in [6.07, 6.45) is 0. The van der Waals surface area contributed by atoms with Gasteiger partial charge in [0.2, 0.25) is 11.8 Å². The van der Waals surface area contributed by atoms with Gasteiger partial charge in [-0.2, -0.15) is 0 Å². The molecule has 130 valence electrons. The average molecular weight is 344 g/mol. The van der Waals surface area contributed by atoms with Crippen LogP contribution in [0.25, 0.3) is 0 Å². The van der Waals surface area contributed by atoms with E-state index in [1.165, 1.54) is 4.90 Å². The smallest absolute Gasteiger partial charge is 0.241 e. The SMILES string of the molecule is CC(C)[C@H](N)C(=O)NCC(=O)N(C)CCOc1ccccc1.Cl. The fourth-order valence-electron chi connectivity index (χ4n) is 1.66. The summed E-state index contributed by atoms with van der Waals surface area (Å²) in [6.45, 7) is 4.50. The Kier molecular flexibility index (Phi) is 10.0. The van der Waals surface area contributed by atoms with Crippen molar-refractivity contribution in [3.05, 3.63) is 30.3 Å². The van der Waals surface area contributed by atoms with E-state index in [1.54, 1.807) is 7.05 Å². The van der Waals surface area contributed by atoms with Gasteiger partial charge in [-0.1, -0.05) is 32.0 Å². The maximum atomic E-state index is 11.9. The highest BCUT2D eigenvalue weighted by atomic mass is 35.5. The molecule has 0 fully saturated rings. The fourth-order valence-corrected chi connectivity index (χ4v) is 1.66. The second-order valence-corrected chi connectivity index (χ2v) is 5.46. The van der Waals surface area contributed by atoms with E-state index >= 15 is 0 Å². The van der Waals surface area contributed by atoms with Crippen molar-refractivity contribution in [1.82, 2.24) is 10.2 Å². The molecule has 0 radical (unpaired) electrons. The van der Waals surface area contributed by atoms with E-state index < -0.39 is 6.04 Å². The molecule has 7 heteroatoms. The van der Waals surface area contributed by atoms with Crippen molar-refractivity contribution >= 4 is 24.2 Å². The molecule has 0 aromatic heterocycles. The lowest BCUT2D eigenvalue weighted by atomic mass is 10.1. The molecule has 1 rings (SSSR count). The molecule has 23 heavy (non-hydrogen) atoms. The highest BCUT2D eigenvalue weighted by Crippen LogP contribution is 2.07. The second kappa shape index (κ2) is 10.9. The summed E-state index contributed by atoms with van der Waals surface area (Å²) < 4.78 is 5.52. The molecule has 0 unspecified atom stereocenters. The third kappa shape index (κ3) is 7.85. The normalized spacial score (nSPS) is 11.3. The Morgan fingerprint density at radius 2 is 1.87 bits per heavy atom. The highest BCUT2D eigenvalue weighted by molar-refractivity contribution is 5.87. The molecule has 0 aliphatic heterocycles. The number of nitrogens with two attached hydrogens (primary N) is 1. The van der Waals surface area contributed by atoms with Crippen LogP contribution in [0.4, 0.5) is 0 Å². The van der Waals surface area contributed by atoms with Crippen molar-refractivity contribution in [3.63, 3.8) is 0 Å². The lowest BCUT2D eigenvalue weighted by Crippen LogP contribution is -2.47. The lowest BCUT2D eigenvalue weighted by molar-refractivity contribution is -0.132. The van der Waals surface area contributed by atoms with Gasteiger partial charge in [0.25, 0.3) is 0 Å². The van der Waals surface area contributed by atoms with E-state index in [-0.39, 0.29) is 36.7 Å². The van der Waals surface area contributed by atoms with Crippen molar-refractivity contribution < 1.29 is 14.3 Å². The van der Waals surface area contributed by atoms with E-state index in [2.05, 4.69) is 5.32 Å². The van der Waals surface area contributed by atoms with Crippen LogP contribution in [0.2, 0.25) is 0 Å². The Bertz CT molecular complexity index is 483. The van der Waals surface area contributed by atoms with E-state index in [0.717, 1.165) is 5.75 Å². The van der Waals surface area contributed by atoms with Crippen LogP contribution in [0.15, 0.2) is 30.3 Å². The molecule has 1 aromatic carbocycles. The molecule has 0 spiro atoms. The number of hydrogen-bond donors (Lipinski definition) is 2. The number of nitrogens with zero attached hydrogens (tertiary/aromatic N) is 1. The maximum Gasteiger partial charge on any atom is 0.241 e. The molecular formula is C16H26ClN3O3. The minimum Gasteiger partial charge on any atom is -0.492 e. The lowest BCUT2D eigenvalue weighted by Gasteiger charge is -2.19. The zero-order valence-corrected chi connectivity index (χ0v) is 14.6. The molecule has 3 N–H and O–H groups in total. The Morgan fingerprint density at radius 1 is 1.26 bits per heavy atom. The Labute approximate surface area is 143 Å². The topological polar surface area (TPSA) is 84.7 Å². The number of halogens is 1. The van der Waals surface area contributed by atoms with Crippen molar-refractivity contribution in [2.45, 2.75) is 19.9 Å². The van der Waals surface area contributed by atoms with Crippen LogP contribution >= 0.6 is 12.4 Å². The van der Waals surface area contributed by atoms with Crippen molar-refractivity contribution in [2.75, 3.05) is 26.7 Å². The zero-order chi connectivity index (χ0) is 16.5. The number of nitrogens with one attached hydrogen (secondary N) is 1. The van der Waals surface area contributed by atoms with E-state index in [0.29, 0.717) is 13.2 Å². The van der Waals surface area contributed by atoms with E-state index in [4.69, 9.17) is 10.5 Å². The molecule has 0 aliphatic carbocycles. The fraction of sp³-hybridized carbons (Fsp3) is 0.500. The summed E-state index contributed by atoms with van der Waals surface area (Å²) in [6, 6.07) is 8.80. The van der Waals surface area contributed by atoms with Gasteiger partial charge in [-0.15, -0.1) is 12.4 Å². The third-order valence-electron chi connectivity index (χ3n) is 3.30. The number of ether oxygens (including phenoxy) is 1. The molecule has 0 aliphatic rings. The Morgan fingerprint density at radius 3 is 2.43 bits per heavy atom. The van der Waals surface area contributed by atoms with Gasteiger partial charge in [0, 0.05) is 7.05 Å². The standard InChI is InChI=1S/C16H25N3O3.ClH/c1-12(2)15(17)16(21)18-11-14(20)19(3)9-10-22-13-7-5-4-6-8-13;/h4-8,12,15H,9-11,17H2,1-3H3,(H,18,21);1H/t15-;/m0./s1. The Balaban J connectivity index is 0.00000484. The van der Waals surface area contributed by atoms with Gasteiger partial charge >= 0.3 is 0 Å². The molecule has 0 saturated heterocycles. The summed E-state index contributed by atoms with van der Waals surface area (Å²) in [5.74, 6) is 0.310. The minimum atomic E-state index is -0.598. The predicted octanol–water partition coefficient (Wildman–Crippen LogP) is 1.05. The quantitative estimate of drug-likeness (QED) is 0.738. The van der Waals surface area contributed by atoms with Gasteiger partial charge < -0.3 is 20.7 Å². The van der Waals surface area contributed by atoms with Crippen LogP contribution in [0.1, 0.15) is 13.8 Å². The van der Waals surface area contributed by atoms with Gasteiger partial charge in [-0.25, -0.2) is 0 Å². The molecular weight excluding hydrogens is 318 g/mol. The van der Waals surface area contributed by atoms with Crippen LogP contribution in [0, 0.1) is 5.92 Å². The predicted molar refractivity (Wildman–Crippen MR) is 92.6 cm³/mol. The van der Waals surface area contributed by atoms with Gasteiger partial charge in [0.15, 0.2) is 0 Å². The molecule has 0 heterocycles. The van der Waals surface area contributed by atoms with E-state index in [9.17, 15) is 9.59 Å². The number of para-hydroxylation sites is 1. The summed E-state index contributed by atoms with van der Waals surface area (Å²) in [5, 5.41) is 2.56. The van der Waals surface area contributed by atoms with Crippen molar-refractivity contribution in [3.8, 4) is 5.75 Å². The van der Waals surface area contributed by atoms with Crippen LogP contribution in [0.3, 0.4) is 0 Å². The number of carbonyl (C=O) groups excluding carboxylic acids is 2. The number of likely N-dealkylation sites (N-methyl/N-ethyl adjacent to an activating group) is 1. The van der Waals surface area contributed by atoms with Gasteiger partial charge in [-0.05, 0) is 18.1 Å². The van der Waals surface area contributed by atoms with Crippen LogP contribution < -0.4 is 15.8 Å². The zero-order valence-electron chi connectivity index (χ0n) is 13.8. The molecule has 1 aromatic rings. The van der Waals surface area contributed by atoms with Crippen LogP contribution in [-0.4, -0.2) is 49.5 Å². The summed E-state index contributed by atoms with van der Waals surface area (Å²) in [5.41, 5.74) is 5.71. The van der Waals surface area contributed by atoms with Crippen LogP contribution in [-0.2, 0) is 9.59 Å².